The van der Waals surface area contributed by atoms with Crippen LogP contribution in [0.25, 0.3) is 11.1 Å². The number of aromatic nitrogens is 4. The highest BCUT2D eigenvalue weighted by molar-refractivity contribution is 5.78. The van der Waals surface area contributed by atoms with Gasteiger partial charge in [-0.15, -0.1) is 0 Å². The fourth-order valence-electron chi connectivity index (χ4n) is 5.10. The van der Waals surface area contributed by atoms with E-state index in [1.165, 1.54) is 0 Å². The number of anilines is 1. The highest BCUT2D eigenvalue weighted by atomic mass is 19.4. The third-order valence-corrected chi connectivity index (χ3v) is 6.95. The summed E-state index contributed by atoms with van der Waals surface area (Å²) < 4.78 is 47.1. The van der Waals surface area contributed by atoms with Crippen LogP contribution < -0.4 is 15.0 Å². The predicted molar refractivity (Wildman–Crippen MR) is 128 cm³/mol. The van der Waals surface area contributed by atoms with Crippen LogP contribution in [0.3, 0.4) is 0 Å². The van der Waals surface area contributed by atoms with Gasteiger partial charge in [-0.1, -0.05) is 0 Å². The normalized spacial score (nSPS) is 19.7. The van der Waals surface area contributed by atoms with Gasteiger partial charge in [0.1, 0.15) is 12.0 Å². The molecule has 4 heterocycles. The molecule has 2 aliphatic heterocycles. The van der Waals surface area contributed by atoms with Gasteiger partial charge in [0.15, 0.2) is 0 Å². The number of aliphatic hydroxyl groups excluding tert-OH is 1. The first-order chi connectivity index (χ1) is 17.2. The van der Waals surface area contributed by atoms with Gasteiger partial charge in [0.25, 0.3) is 0 Å². The molecule has 2 atom stereocenters. The highest BCUT2D eigenvalue weighted by Crippen LogP contribution is 2.45. The summed E-state index contributed by atoms with van der Waals surface area (Å²) in [5.41, 5.74) is 2.31. The third kappa shape index (κ3) is 4.77. The van der Waals surface area contributed by atoms with E-state index in [1.807, 2.05) is 34.8 Å². The smallest absolute Gasteiger partial charge is 0.419 e. The van der Waals surface area contributed by atoms with Crippen LogP contribution in [-0.4, -0.2) is 50.2 Å². The number of aliphatic hydroxyl groups is 1. The molecule has 0 aliphatic carbocycles. The maximum Gasteiger partial charge on any atom is 0.419 e. The topological polar surface area (TPSA) is 88.3 Å². The summed E-state index contributed by atoms with van der Waals surface area (Å²) >= 11 is 0. The summed E-state index contributed by atoms with van der Waals surface area (Å²) in [4.78, 5) is 9.57. The molecule has 11 heteroatoms. The van der Waals surface area contributed by atoms with E-state index < -0.39 is 18.0 Å². The van der Waals surface area contributed by atoms with Crippen molar-refractivity contribution in [2.45, 2.75) is 64.0 Å². The lowest BCUT2D eigenvalue weighted by molar-refractivity contribution is -0.138. The van der Waals surface area contributed by atoms with Crippen LogP contribution in [0.5, 0.6) is 11.8 Å². The van der Waals surface area contributed by atoms with Crippen molar-refractivity contribution in [2.24, 2.45) is 0 Å². The van der Waals surface area contributed by atoms with Crippen molar-refractivity contribution in [3.05, 3.63) is 48.0 Å². The highest BCUT2D eigenvalue weighted by Gasteiger charge is 2.33. The second kappa shape index (κ2) is 9.70. The lowest BCUT2D eigenvalue weighted by Gasteiger charge is -2.39. The summed E-state index contributed by atoms with van der Waals surface area (Å²) in [6.45, 7) is 5.63. The molecular weight excluding hydrogens is 473 g/mol. The Bertz CT molecular complexity index is 1210. The Labute approximate surface area is 207 Å². The van der Waals surface area contributed by atoms with Crippen molar-refractivity contribution in [1.82, 2.24) is 25.1 Å². The number of hydrogen-bond acceptors (Lipinski definition) is 7. The van der Waals surface area contributed by atoms with Gasteiger partial charge in [-0.2, -0.15) is 18.3 Å². The first-order valence-corrected chi connectivity index (χ1v) is 12.2. The molecule has 0 amide bonds. The maximum absolute atomic E-state index is 13.0. The van der Waals surface area contributed by atoms with E-state index in [0.29, 0.717) is 18.2 Å². The number of fused-ring (bicyclic) bond motifs is 1. The standard InChI is InChI=1S/C25H29F3N6O2/c1-15-3-4-21-22(34(15)16(2)35)6-5-20(17-11-32-33(14-17)19-7-9-29-10-8-19)23(21)36-24-30-12-18(13-31-24)25(26,27)28/h5-6,11-16,19,29,35H,3-4,7-10H2,1-2H3. The SMILES string of the molecule is CC(O)N1c2ccc(-c3cnn(C4CCNCC4)c3)c(Oc3ncc(C(F)(F)F)cn3)c2CCC1C. The molecule has 1 saturated heterocycles. The zero-order chi connectivity index (χ0) is 25.4. The Kier molecular flexibility index (Phi) is 6.60. The Morgan fingerprint density at radius 1 is 1.11 bits per heavy atom. The Morgan fingerprint density at radius 3 is 2.50 bits per heavy atom. The number of rotatable bonds is 5. The molecule has 2 unspecified atom stereocenters. The van der Waals surface area contributed by atoms with Crippen molar-refractivity contribution in [3.63, 3.8) is 0 Å². The predicted octanol–water partition coefficient (Wildman–Crippen LogP) is 4.56. The van der Waals surface area contributed by atoms with Crippen LogP contribution in [0.4, 0.5) is 18.9 Å². The molecule has 5 rings (SSSR count). The Morgan fingerprint density at radius 2 is 1.83 bits per heavy atom. The van der Waals surface area contributed by atoms with E-state index in [2.05, 4.69) is 20.4 Å². The second-order valence-corrected chi connectivity index (χ2v) is 9.41. The van der Waals surface area contributed by atoms with Crippen molar-refractivity contribution >= 4 is 5.69 Å². The molecule has 1 aromatic carbocycles. The molecule has 2 aliphatic rings. The van der Waals surface area contributed by atoms with Gasteiger partial charge in [-0.25, -0.2) is 9.97 Å². The van der Waals surface area contributed by atoms with Crippen LogP contribution in [-0.2, 0) is 12.6 Å². The molecule has 8 nitrogen and oxygen atoms in total. The molecule has 2 N–H and O–H groups in total. The van der Waals surface area contributed by atoms with Gasteiger partial charge in [-0.05, 0) is 64.8 Å². The molecule has 0 spiro atoms. The minimum Gasteiger partial charge on any atom is -0.423 e. The van der Waals surface area contributed by atoms with Crippen LogP contribution in [0.15, 0.2) is 36.9 Å². The van der Waals surface area contributed by atoms with E-state index in [4.69, 9.17) is 4.74 Å². The molecular formula is C25H29F3N6O2. The quantitative estimate of drug-likeness (QED) is 0.529. The minimum absolute atomic E-state index is 0.112. The molecule has 3 aromatic rings. The van der Waals surface area contributed by atoms with Gasteiger partial charge >= 0.3 is 12.2 Å². The number of halogens is 3. The van der Waals surface area contributed by atoms with E-state index in [-0.39, 0.29) is 12.1 Å². The van der Waals surface area contributed by atoms with E-state index in [9.17, 15) is 18.3 Å². The zero-order valence-corrected chi connectivity index (χ0v) is 20.2. The van der Waals surface area contributed by atoms with E-state index in [0.717, 1.165) is 67.1 Å². The largest absolute Gasteiger partial charge is 0.423 e. The maximum atomic E-state index is 13.0. The summed E-state index contributed by atoms with van der Waals surface area (Å²) in [6, 6.07) is 4.09. The van der Waals surface area contributed by atoms with E-state index in [1.54, 1.807) is 13.1 Å². The molecule has 192 valence electrons. The number of nitrogens with one attached hydrogen (secondary N) is 1. The summed E-state index contributed by atoms with van der Waals surface area (Å²) in [6.07, 6.45) is 3.36. The lowest BCUT2D eigenvalue weighted by atomic mass is 9.92. The van der Waals surface area contributed by atoms with Crippen molar-refractivity contribution in [2.75, 3.05) is 18.0 Å². The fourth-order valence-corrected chi connectivity index (χ4v) is 5.10. The number of alkyl halides is 3. The van der Waals surface area contributed by atoms with E-state index >= 15 is 0 Å². The zero-order valence-electron chi connectivity index (χ0n) is 20.2. The second-order valence-electron chi connectivity index (χ2n) is 9.41. The van der Waals surface area contributed by atoms with Crippen LogP contribution in [0.2, 0.25) is 0 Å². The van der Waals surface area contributed by atoms with Crippen LogP contribution >= 0.6 is 0 Å². The monoisotopic (exact) mass is 502 g/mol. The van der Waals surface area contributed by atoms with Gasteiger partial charge in [-0.3, -0.25) is 4.68 Å². The summed E-state index contributed by atoms with van der Waals surface area (Å²) in [5, 5.41) is 18.4. The van der Waals surface area contributed by atoms with Crippen molar-refractivity contribution < 1.29 is 23.0 Å². The molecule has 2 aromatic heterocycles. The minimum atomic E-state index is -4.53. The van der Waals surface area contributed by atoms with Crippen LogP contribution in [0.1, 0.15) is 50.3 Å². The molecule has 1 fully saturated rings. The van der Waals surface area contributed by atoms with Gasteiger partial charge < -0.3 is 20.1 Å². The first kappa shape index (κ1) is 24.5. The summed E-state index contributed by atoms with van der Waals surface area (Å²) in [5.74, 6) is 0.467. The average Bonchev–Trinajstić information content (AvgIpc) is 3.34. The van der Waals surface area contributed by atoms with Crippen LogP contribution in [0, 0.1) is 0 Å². The number of piperidine rings is 1. The number of benzene rings is 1. The number of ether oxygens (including phenoxy) is 1. The molecule has 0 bridgehead atoms. The van der Waals surface area contributed by atoms with Crippen molar-refractivity contribution in [1.29, 1.82) is 0 Å². The Hall–Kier alpha value is -3.18. The number of nitrogens with zero attached hydrogens (tertiary/aromatic N) is 5. The summed E-state index contributed by atoms with van der Waals surface area (Å²) in [7, 11) is 0. The van der Waals surface area contributed by atoms with Crippen molar-refractivity contribution in [3.8, 4) is 22.9 Å². The third-order valence-electron chi connectivity index (χ3n) is 6.95. The lowest BCUT2D eigenvalue weighted by Crippen LogP contribution is -2.43. The molecule has 36 heavy (non-hydrogen) atoms. The van der Waals surface area contributed by atoms with Gasteiger partial charge in [0.05, 0.1) is 17.8 Å². The Balaban J connectivity index is 1.57. The fraction of sp³-hybridized carbons (Fsp3) is 0.480. The number of hydrogen-bond donors (Lipinski definition) is 2. The molecule has 0 saturated carbocycles. The van der Waals surface area contributed by atoms with Gasteiger partial charge in [0.2, 0.25) is 0 Å². The molecule has 0 radical (unpaired) electrons. The van der Waals surface area contributed by atoms with Gasteiger partial charge in [0, 0.05) is 47.0 Å². The average molecular weight is 503 g/mol. The first-order valence-electron chi connectivity index (χ1n) is 12.2.